The molecule has 2 amide bonds. The third kappa shape index (κ3) is 7.98. The van der Waals surface area contributed by atoms with Crippen LogP contribution in [0.3, 0.4) is 0 Å². The van der Waals surface area contributed by atoms with Crippen molar-refractivity contribution in [3.8, 4) is 22.3 Å². The van der Waals surface area contributed by atoms with Crippen molar-refractivity contribution in [3.63, 3.8) is 0 Å². The van der Waals surface area contributed by atoms with Crippen LogP contribution in [-0.4, -0.2) is 64.3 Å². The number of nitrogens with one attached hydrogen (secondary N) is 2. The number of piperidine rings is 1. The van der Waals surface area contributed by atoms with E-state index in [2.05, 4.69) is 51.5 Å². The topological polar surface area (TPSA) is 159 Å². The van der Waals surface area contributed by atoms with Crippen molar-refractivity contribution in [2.24, 2.45) is 11.7 Å². The van der Waals surface area contributed by atoms with Crippen LogP contribution < -0.4 is 16.9 Å². The Morgan fingerprint density at radius 2 is 1.16 bits per heavy atom. The van der Waals surface area contributed by atoms with Crippen LogP contribution in [0.4, 0.5) is 0 Å². The van der Waals surface area contributed by atoms with Crippen LogP contribution in [0, 0.1) is 5.92 Å². The number of nitrogens with two attached hydrogens (primary N) is 1. The van der Waals surface area contributed by atoms with E-state index >= 15 is 0 Å². The summed E-state index contributed by atoms with van der Waals surface area (Å²) < 4.78 is 11.8. The van der Waals surface area contributed by atoms with E-state index in [1.165, 1.54) is 0 Å². The number of fused-ring (bicyclic) bond motifs is 2. The summed E-state index contributed by atoms with van der Waals surface area (Å²) in [4.78, 5) is 60.3. The molecule has 6 heterocycles. The number of benzene rings is 2. The normalized spacial score (nSPS) is 16.2. The minimum absolute atomic E-state index is 0.00484. The highest BCUT2D eigenvalue weighted by Crippen LogP contribution is 2.39. The second-order valence-corrected chi connectivity index (χ2v) is 17.4. The van der Waals surface area contributed by atoms with E-state index in [1.54, 1.807) is 43.1 Å². The first-order valence-corrected chi connectivity index (χ1v) is 19.9. The molecule has 1 unspecified atom stereocenters. The molecule has 57 heavy (non-hydrogen) atoms. The van der Waals surface area contributed by atoms with Crippen LogP contribution in [0.25, 0.3) is 44.2 Å². The minimum atomic E-state index is -0.219. The fourth-order valence-electron chi connectivity index (χ4n) is 8.03. The summed E-state index contributed by atoms with van der Waals surface area (Å²) in [5.41, 5.74) is 12.4. The summed E-state index contributed by atoms with van der Waals surface area (Å²) in [5.74, 6) is 0.306. The molecule has 2 aliphatic rings. The van der Waals surface area contributed by atoms with E-state index in [9.17, 15) is 19.2 Å². The molecule has 11 heteroatoms. The molecule has 0 spiro atoms. The van der Waals surface area contributed by atoms with Crippen molar-refractivity contribution >= 4 is 33.8 Å². The van der Waals surface area contributed by atoms with Gasteiger partial charge in [-0.1, -0.05) is 41.5 Å². The Kier molecular flexibility index (Phi) is 10.9. The zero-order valence-electron chi connectivity index (χ0n) is 33.8. The number of amides is 2. The number of hydrogen-bond donors (Lipinski definition) is 3. The first kappa shape index (κ1) is 39.6. The molecule has 2 aromatic carbocycles. The van der Waals surface area contributed by atoms with Gasteiger partial charge in [-0.3, -0.25) is 19.2 Å². The lowest BCUT2D eigenvalue weighted by atomic mass is 9.84. The number of nitrogens with zero attached hydrogens (tertiary/aromatic N) is 2. The molecule has 2 fully saturated rings. The number of likely N-dealkylation sites (tertiary alicyclic amines) is 2. The number of H-pyrrole nitrogens is 2. The van der Waals surface area contributed by atoms with E-state index in [1.807, 2.05) is 40.1 Å². The summed E-state index contributed by atoms with van der Waals surface area (Å²) in [6, 6.07) is 15.0. The molecule has 4 aromatic heterocycles. The van der Waals surface area contributed by atoms with Gasteiger partial charge in [-0.2, -0.15) is 0 Å². The van der Waals surface area contributed by atoms with Crippen LogP contribution >= 0.6 is 0 Å². The Bertz CT molecular complexity index is 2550. The fraction of sp³-hybridized carbons (Fsp3) is 0.391. The quantitative estimate of drug-likeness (QED) is 0.159. The van der Waals surface area contributed by atoms with E-state index in [-0.39, 0.29) is 33.8 Å². The number of furan rings is 2. The highest BCUT2D eigenvalue weighted by Gasteiger charge is 2.30. The maximum atomic E-state index is 13.4. The summed E-state index contributed by atoms with van der Waals surface area (Å²) in [5, 5.41) is 1.53. The molecule has 8 rings (SSSR count). The number of pyridine rings is 2. The van der Waals surface area contributed by atoms with Crippen LogP contribution in [0.5, 0.6) is 0 Å². The standard InChI is InChI=1S/C24H29N3O3.C22H24N2O3/c1-24(2,3)20-11-16(17-7-4-8-26-22(17)28)10-18-19(14-30-21(18)20)23(29)27-9-5-6-15(12-25)13-27;1-22(2,3)18-12-14(15-7-6-8-23-20(15)25)11-16-17(13-27-19(16)18)21(26)24-9-4-5-10-24/h4,7-8,10-11,14-15H,5-6,9,12-13,25H2,1-3H3,(H,26,28);6-8,11-13H,4-5,9-10H2,1-3H3,(H,23,25). The van der Waals surface area contributed by atoms with E-state index in [0.717, 1.165) is 83.9 Å². The summed E-state index contributed by atoms with van der Waals surface area (Å²) >= 11 is 0. The van der Waals surface area contributed by atoms with Crippen molar-refractivity contribution in [1.82, 2.24) is 19.8 Å². The second kappa shape index (κ2) is 15.7. The highest BCUT2D eigenvalue weighted by molar-refractivity contribution is 6.08. The molecular weight excluding hydrogens is 719 g/mol. The van der Waals surface area contributed by atoms with Gasteiger partial charge >= 0.3 is 0 Å². The molecule has 2 aliphatic heterocycles. The van der Waals surface area contributed by atoms with Crippen molar-refractivity contribution < 1.29 is 18.4 Å². The monoisotopic (exact) mass is 771 g/mol. The molecule has 0 saturated carbocycles. The average Bonchev–Trinajstić information content (AvgIpc) is 3.97. The Hall–Kier alpha value is -5.68. The SMILES string of the molecule is CC(C)(C)c1cc(-c2ccc[nH]c2=O)cc2c(C(=O)N3CCCC(CN)C3)coc12.CC(C)(C)c1cc(-c2ccc[nH]c2=O)cc2c(C(=O)N3CCCC3)coc12. The van der Waals surface area contributed by atoms with Gasteiger partial charge in [-0.15, -0.1) is 0 Å². The third-order valence-corrected chi connectivity index (χ3v) is 11.2. The first-order chi connectivity index (χ1) is 27.2. The fourth-order valence-corrected chi connectivity index (χ4v) is 8.03. The molecule has 0 radical (unpaired) electrons. The van der Waals surface area contributed by atoms with Gasteiger partial charge in [0.2, 0.25) is 0 Å². The van der Waals surface area contributed by atoms with Gasteiger partial charge in [0.25, 0.3) is 22.9 Å². The lowest BCUT2D eigenvalue weighted by Crippen LogP contribution is -2.42. The van der Waals surface area contributed by atoms with E-state index < -0.39 is 0 Å². The Morgan fingerprint density at radius 3 is 1.60 bits per heavy atom. The third-order valence-electron chi connectivity index (χ3n) is 11.2. The zero-order valence-corrected chi connectivity index (χ0v) is 33.8. The van der Waals surface area contributed by atoms with Crippen LogP contribution in [0.2, 0.25) is 0 Å². The average molecular weight is 772 g/mol. The Morgan fingerprint density at radius 1 is 0.702 bits per heavy atom. The van der Waals surface area contributed by atoms with Gasteiger partial charge in [-0.05, 0) is 109 Å². The number of aromatic amines is 2. The lowest BCUT2D eigenvalue weighted by Gasteiger charge is -2.32. The van der Waals surface area contributed by atoms with Crippen molar-refractivity contribution in [2.45, 2.75) is 78.1 Å². The molecule has 6 aromatic rings. The minimum Gasteiger partial charge on any atom is -0.463 e. The van der Waals surface area contributed by atoms with Gasteiger partial charge in [-0.25, -0.2) is 0 Å². The molecular formula is C46H53N5O6. The van der Waals surface area contributed by atoms with Crippen LogP contribution in [0.1, 0.15) is 99.1 Å². The molecule has 0 aliphatic carbocycles. The van der Waals surface area contributed by atoms with Gasteiger partial charge in [0.05, 0.1) is 11.1 Å². The maximum absolute atomic E-state index is 13.4. The van der Waals surface area contributed by atoms with Gasteiger partial charge in [0, 0.05) is 71.6 Å². The Labute approximate surface area is 332 Å². The first-order valence-electron chi connectivity index (χ1n) is 19.9. The highest BCUT2D eigenvalue weighted by atomic mass is 16.3. The molecule has 4 N–H and O–H groups in total. The second-order valence-electron chi connectivity index (χ2n) is 17.4. The number of carbonyl (C=O) groups excluding carboxylic acids is 2. The van der Waals surface area contributed by atoms with Gasteiger partial charge < -0.3 is 34.3 Å². The molecule has 298 valence electrons. The van der Waals surface area contributed by atoms with Crippen molar-refractivity contribution in [2.75, 3.05) is 32.7 Å². The summed E-state index contributed by atoms with van der Waals surface area (Å²) in [6.07, 6.45) is 10.5. The van der Waals surface area contributed by atoms with E-state index in [0.29, 0.717) is 46.8 Å². The molecule has 1 atom stereocenters. The van der Waals surface area contributed by atoms with E-state index in [4.69, 9.17) is 14.6 Å². The molecule has 0 bridgehead atoms. The van der Waals surface area contributed by atoms with Gasteiger partial charge in [0.15, 0.2) is 0 Å². The molecule has 2 saturated heterocycles. The predicted octanol–water partition coefficient (Wildman–Crippen LogP) is 8.22. The number of rotatable bonds is 5. The van der Waals surface area contributed by atoms with Gasteiger partial charge in [0.1, 0.15) is 23.7 Å². The lowest BCUT2D eigenvalue weighted by molar-refractivity contribution is 0.0678. The summed E-state index contributed by atoms with van der Waals surface area (Å²) in [6.45, 7) is 16.2. The van der Waals surface area contributed by atoms with Crippen molar-refractivity contribution in [3.05, 3.63) is 116 Å². The predicted molar refractivity (Wildman–Crippen MR) is 225 cm³/mol. The van der Waals surface area contributed by atoms with Crippen LogP contribution in [0.15, 0.2) is 91.9 Å². The smallest absolute Gasteiger partial charge is 0.257 e. The number of hydrogen-bond acceptors (Lipinski definition) is 7. The van der Waals surface area contributed by atoms with Crippen molar-refractivity contribution in [1.29, 1.82) is 0 Å². The zero-order chi connectivity index (χ0) is 40.6. The van der Waals surface area contributed by atoms with Crippen LogP contribution in [-0.2, 0) is 10.8 Å². The Balaban J connectivity index is 0.000000175. The maximum Gasteiger partial charge on any atom is 0.257 e. The summed E-state index contributed by atoms with van der Waals surface area (Å²) in [7, 11) is 0. The largest absolute Gasteiger partial charge is 0.463 e. The molecule has 11 nitrogen and oxygen atoms in total. The number of carbonyl (C=O) groups is 2. The number of aromatic nitrogens is 2.